The number of nitrogens with zero attached hydrogens (tertiary/aromatic N) is 1. The first-order valence-electron chi connectivity index (χ1n) is 5.57. The van der Waals surface area contributed by atoms with Gasteiger partial charge in [0.2, 0.25) is 0 Å². The van der Waals surface area contributed by atoms with Gasteiger partial charge in [-0.15, -0.1) is 0 Å². The summed E-state index contributed by atoms with van der Waals surface area (Å²) in [7, 11) is 0. The maximum Gasteiger partial charge on any atom is 0.0662 e. The third-order valence-electron chi connectivity index (χ3n) is 3.30. The van der Waals surface area contributed by atoms with E-state index in [9.17, 15) is 0 Å². The zero-order chi connectivity index (χ0) is 11.5. The average Bonchev–Trinajstić information content (AvgIpc) is 2.29. The van der Waals surface area contributed by atoms with Crippen LogP contribution in [0.3, 0.4) is 0 Å². The van der Waals surface area contributed by atoms with Crippen LogP contribution in [-0.4, -0.2) is 0 Å². The lowest BCUT2D eigenvalue weighted by Crippen LogP contribution is -2.17. The molecule has 0 radical (unpaired) electrons. The Morgan fingerprint density at radius 2 is 1.75 bits per heavy atom. The fourth-order valence-corrected chi connectivity index (χ4v) is 3.17. The first-order chi connectivity index (χ1) is 7.74. The van der Waals surface area contributed by atoms with Crippen LogP contribution in [0.1, 0.15) is 37.2 Å². The van der Waals surface area contributed by atoms with Gasteiger partial charge in [-0.1, -0.05) is 42.1 Å². The lowest BCUT2D eigenvalue weighted by Gasteiger charge is -2.28. The molecule has 0 amide bonds. The molecule has 0 saturated heterocycles. The van der Waals surface area contributed by atoms with Gasteiger partial charge in [0.25, 0.3) is 0 Å². The van der Waals surface area contributed by atoms with Crippen LogP contribution in [0.2, 0.25) is 10.0 Å². The summed E-state index contributed by atoms with van der Waals surface area (Å²) in [4.78, 5) is 0. The average molecular weight is 254 g/mol. The highest BCUT2D eigenvalue weighted by Gasteiger charge is 2.29. The minimum absolute atomic E-state index is 0.0612. The van der Waals surface area contributed by atoms with Crippen molar-refractivity contribution in [2.75, 3.05) is 0 Å². The van der Waals surface area contributed by atoms with Crippen LogP contribution in [0, 0.1) is 17.2 Å². The maximum absolute atomic E-state index is 9.17. The zero-order valence-corrected chi connectivity index (χ0v) is 10.4. The topological polar surface area (TPSA) is 23.8 Å². The van der Waals surface area contributed by atoms with Crippen molar-refractivity contribution < 1.29 is 0 Å². The Morgan fingerprint density at radius 1 is 1.12 bits per heavy atom. The van der Waals surface area contributed by atoms with Crippen LogP contribution >= 0.6 is 23.2 Å². The summed E-state index contributed by atoms with van der Waals surface area (Å²) < 4.78 is 0. The molecule has 1 saturated carbocycles. The molecule has 0 bridgehead atoms. The van der Waals surface area contributed by atoms with Gasteiger partial charge in [0.15, 0.2) is 0 Å². The Balaban J connectivity index is 2.39. The molecule has 0 heterocycles. The fraction of sp³-hybridized carbons (Fsp3) is 0.462. The second-order valence-electron chi connectivity index (χ2n) is 4.26. The Labute approximate surface area is 106 Å². The van der Waals surface area contributed by atoms with Crippen molar-refractivity contribution in [2.45, 2.75) is 31.6 Å². The van der Waals surface area contributed by atoms with Crippen molar-refractivity contribution in [3.05, 3.63) is 33.8 Å². The van der Waals surface area contributed by atoms with E-state index in [0.717, 1.165) is 31.2 Å². The van der Waals surface area contributed by atoms with Gasteiger partial charge < -0.3 is 0 Å². The second-order valence-corrected chi connectivity index (χ2v) is 5.08. The van der Waals surface area contributed by atoms with E-state index in [1.54, 1.807) is 0 Å². The van der Waals surface area contributed by atoms with Crippen molar-refractivity contribution in [2.24, 2.45) is 5.92 Å². The van der Waals surface area contributed by atoms with Gasteiger partial charge in [0, 0.05) is 16.0 Å². The molecule has 2 rings (SSSR count). The summed E-state index contributed by atoms with van der Waals surface area (Å²) in [6.07, 6.45) is 4.27. The minimum Gasteiger partial charge on any atom is -0.198 e. The number of nitriles is 1. The SMILES string of the molecule is N#CC1CCCCC1c1c(Cl)cccc1Cl. The van der Waals surface area contributed by atoms with Gasteiger partial charge in [0.1, 0.15) is 0 Å². The van der Waals surface area contributed by atoms with E-state index in [1.807, 2.05) is 18.2 Å². The van der Waals surface area contributed by atoms with Crippen molar-refractivity contribution in [1.29, 1.82) is 5.26 Å². The molecule has 1 aromatic carbocycles. The van der Waals surface area contributed by atoms with E-state index in [0.29, 0.717) is 10.0 Å². The Kier molecular flexibility index (Phi) is 3.74. The Hall–Kier alpha value is -0.710. The summed E-state index contributed by atoms with van der Waals surface area (Å²) in [5, 5.41) is 10.6. The first kappa shape index (κ1) is 11.8. The largest absolute Gasteiger partial charge is 0.198 e. The van der Waals surface area contributed by atoms with E-state index in [-0.39, 0.29) is 11.8 Å². The van der Waals surface area contributed by atoms with Crippen molar-refractivity contribution in [3.63, 3.8) is 0 Å². The van der Waals surface area contributed by atoms with Gasteiger partial charge in [-0.25, -0.2) is 0 Å². The van der Waals surface area contributed by atoms with Crippen LogP contribution in [0.15, 0.2) is 18.2 Å². The monoisotopic (exact) mass is 253 g/mol. The fourth-order valence-electron chi connectivity index (χ4n) is 2.50. The highest BCUT2D eigenvalue weighted by atomic mass is 35.5. The lowest BCUT2D eigenvalue weighted by molar-refractivity contribution is 0.369. The molecule has 0 aromatic heterocycles. The summed E-state index contributed by atoms with van der Waals surface area (Å²) in [6.45, 7) is 0. The first-order valence-corrected chi connectivity index (χ1v) is 6.33. The Bertz CT molecular complexity index is 402. The van der Waals surface area contributed by atoms with Crippen LogP contribution in [0.25, 0.3) is 0 Å². The molecule has 84 valence electrons. The molecule has 1 nitrogen and oxygen atoms in total. The predicted molar refractivity (Wildman–Crippen MR) is 66.8 cm³/mol. The molecule has 1 aliphatic rings. The molecular weight excluding hydrogens is 241 g/mol. The highest BCUT2D eigenvalue weighted by molar-refractivity contribution is 6.36. The third kappa shape index (κ3) is 2.19. The molecule has 0 N–H and O–H groups in total. The normalized spacial score (nSPS) is 25.1. The van der Waals surface area contributed by atoms with Gasteiger partial charge in [-0.05, 0) is 30.5 Å². The summed E-state index contributed by atoms with van der Waals surface area (Å²) in [5.74, 6) is 0.270. The van der Waals surface area contributed by atoms with E-state index < -0.39 is 0 Å². The maximum atomic E-state index is 9.17. The van der Waals surface area contributed by atoms with Gasteiger partial charge in [0.05, 0.1) is 12.0 Å². The number of benzene rings is 1. The van der Waals surface area contributed by atoms with Crippen LogP contribution in [0.4, 0.5) is 0 Å². The van der Waals surface area contributed by atoms with E-state index in [1.165, 1.54) is 0 Å². The van der Waals surface area contributed by atoms with E-state index in [4.69, 9.17) is 28.5 Å². The highest BCUT2D eigenvalue weighted by Crippen LogP contribution is 2.43. The molecule has 0 aliphatic heterocycles. The molecule has 1 aromatic rings. The van der Waals surface area contributed by atoms with E-state index in [2.05, 4.69) is 6.07 Å². The minimum atomic E-state index is 0.0612. The third-order valence-corrected chi connectivity index (χ3v) is 3.96. The number of halogens is 2. The summed E-state index contributed by atoms with van der Waals surface area (Å²) in [5.41, 5.74) is 0.970. The van der Waals surface area contributed by atoms with Crippen LogP contribution < -0.4 is 0 Å². The van der Waals surface area contributed by atoms with Gasteiger partial charge in [-0.2, -0.15) is 5.26 Å². The van der Waals surface area contributed by atoms with Crippen molar-refractivity contribution in [1.82, 2.24) is 0 Å². The molecule has 3 heteroatoms. The van der Waals surface area contributed by atoms with Crippen molar-refractivity contribution in [3.8, 4) is 6.07 Å². The summed E-state index contributed by atoms with van der Waals surface area (Å²) >= 11 is 12.4. The van der Waals surface area contributed by atoms with Gasteiger partial charge >= 0.3 is 0 Å². The molecule has 2 atom stereocenters. The lowest BCUT2D eigenvalue weighted by atomic mass is 9.76. The predicted octanol–water partition coefficient (Wildman–Crippen LogP) is 4.79. The number of hydrogen-bond donors (Lipinski definition) is 0. The van der Waals surface area contributed by atoms with Crippen molar-refractivity contribution >= 4 is 23.2 Å². The molecule has 16 heavy (non-hydrogen) atoms. The van der Waals surface area contributed by atoms with Crippen LogP contribution in [0.5, 0.6) is 0 Å². The molecule has 1 aliphatic carbocycles. The summed E-state index contributed by atoms with van der Waals surface area (Å²) in [6, 6.07) is 7.94. The standard InChI is InChI=1S/C13H13Cl2N/c14-11-6-3-7-12(15)13(11)10-5-2-1-4-9(10)8-16/h3,6-7,9-10H,1-2,4-5H2. The van der Waals surface area contributed by atoms with E-state index >= 15 is 0 Å². The molecular formula is C13H13Cl2N. The molecule has 1 fully saturated rings. The smallest absolute Gasteiger partial charge is 0.0662 e. The molecule has 0 spiro atoms. The quantitative estimate of drug-likeness (QED) is 0.706. The number of hydrogen-bond acceptors (Lipinski definition) is 1. The number of rotatable bonds is 1. The molecule has 2 unspecified atom stereocenters. The second kappa shape index (κ2) is 5.08. The Morgan fingerprint density at radius 3 is 2.38 bits per heavy atom. The zero-order valence-electron chi connectivity index (χ0n) is 8.92. The van der Waals surface area contributed by atoms with Gasteiger partial charge in [-0.3, -0.25) is 0 Å². The van der Waals surface area contributed by atoms with Crippen LogP contribution in [-0.2, 0) is 0 Å².